The average molecular weight is 256 g/mol. The van der Waals surface area contributed by atoms with Gasteiger partial charge in [0.15, 0.2) is 0 Å². The summed E-state index contributed by atoms with van der Waals surface area (Å²) >= 11 is 0. The van der Waals surface area contributed by atoms with Gasteiger partial charge in [-0.25, -0.2) is 0 Å². The van der Waals surface area contributed by atoms with E-state index < -0.39 is 16.2 Å². The Morgan fingerprint density at radius 3 is 2.35 bits per heavy atom. The molecule has 0 aliphatic heterocycles. The summed E-state index contributed by atoms with van der Waals surface area (Å²) in [5.41, 5.74) is 2.75. The van der Waals surface area contributed by atoms with Crippen molar-refractivity contribution in [1.82, 2.24) is 5.48 Å². The van der Waals surface area contributed by atoms with E-state index in [0.29, 0.717) is 11.3 Å². The highest BCUT2D eigenvalue weighted by Gasteiger charge is 2.13. The maximum absolute atomic E-state index is 10.8. The second kappa shape index (κ2) is 5.63. The second-order valence-electron chi connectivity index (χ2n) is 3.24. The Kier molecular flexibility index (Phi) is 4.45. The fourth-order valence-corrected chi connectivity index (χ4v) is 1.37. The molecule has 0 bridgehead atoms. The second-order valence-corrected chi connectivity index (χ2v) is 4.82. The van der Waals surface area contributed by atoms with Crippen LogP contribution in [0.4, 0.5) is 0 Å². The lowest BCUT2D eigenvalue weighted by molar-refractivity contribution is 0.186. The van der Waals surface area contributed by atoms with E-state index in [4.69, 9.17) is 10.00 Å². The number of hydrogen-bond donors (Lipinski definition) is 1. The molecule has 0 amide bonds. The van der Waals surface area contributed by atoms with Crippen LogP contribution in [0.5, 0.6) is 5.75 Å². The maximum atomic E-state index is 10.8. The summed E-state index contributed by atoms with van der Waals surface area (Å²) in [4.78, 5) is 0. The van der Waals surface area contributed by atoms with Crippen molar-refractivity contribution in [2.45, 2.75) is 6.04 Å². The van der Waals surface area contributed by atoms with Gasteiger partial charge in [0.05, 0.1) is 19.4 Å². The quantitative estimate of drug-likeness (QED) is 0.782. The molecule has 7 heteroatoms. The van der Waals surface area contributed by atoms with E-state index >= 15 is 0 Å². The average Bonchev–Trinajstić information content (AvgIpc) is 2.29. The van der Waals surface area contributed by atoms with E-state index in [1.54, 1.807) is 24.3 Å². The molecule has 1 N–H and O–H groups in total. The molecule has 1 aromatic rings. The molecule has 1 aromatic carbocycles. The summed E-state index contributed by atoms with van der Waals surface area (Å²) in [6, 6.07) is 7.65. The third kappa shape index (κ3) is 4.40. The van der Waals surface area contributed by atoms with Crippen LogP contribution >= 0.6 is 0 Å². The number of ether oxygens (including phenoxy) is 1. The molecule has 0 saturated heterocycles. The number of nitriles is 1. The predicted molar refractivity (Wildman–Crippen MR) is 60.4 cm³/mol. The number of benzene rings is 1. The Bertz CT molecular complexity index is 504. The molecule has 0 saturated carbocycles. The standard InChI is InChI=1S/C10H12N2O4S/c1-15-9-5-3-8(4-6-9)10(7-11)12-16-17(2,13)14/h3-6,10,12H,1-2H3. The van der Waals surface area contributed by atoms with E-state index in [1.165, 1.54) is 7.11 Å². The molecule has 0 spiro atoms. The van der Waals surface area contributed by atoms with Crippen LogP contribution in [0.1, 0.15) is 11.6 Å². The monoisotopic (exact) mass is 256 g/mol. The van der Waals surface area contributed by atoms with Crippen molar-refractivity contribution in [1.29, 1.82) is 5.26 Å². The van der Waals surface area contributed by atoms with Gasteiger partial charge in [-0.3, -0.25) is 0 Å². The summed E-state index contributed by atoms with van der Waals surface area (Å²) in [5.74, 6) is 0.648. The zero-order valence-corrected chi connectivity index (χ0v) is 10.2. The minimum absolute atomic E-state index is 0.581. The minimum atomic E-state index is -3.64. The zero-order valence-electron chi connectivity index (χ0n) is 9.38. The van der Waals surface area contributed by atoms with Gasteiger partial charge in [-0.1, -0.05) is 12.1 Å². The number of nitrogens with one attached hydrogen (secondary N) is 1. The zero-order chi connectivity index (χ0) is 12.9. The molecular weight excluding hydrogens is 244 g/mol. The molecule has 0 fully saturated rings. The normalized spacial score (nSPS) is 12.8. The summed E-state index contributed by atoms with van der Waals surface area (Å²) in [6.07, 6.45) is 0.891. The van der Waals surface area contributed by atoms with Gasteiger partial charge in [-0.15, -0.1) is 0 Å². The lowest BCUT2D eigenvalue weighted by Crippen LogP contribution is -2.23. The van der Waals surface area contributed by atoms with Crippen LogP contribution in [0.3, 0.4) is 0 Å². The number of methoxy groups -OCH3 is 1. The van der Waals surface area contributed by atoms with Gasteiger partial charge >= 0.3 is 0 Å². The van der Waals surface area contributed by atoms with Crippen LogP contribution in [0, 0.1) is 11.3 Å². The largest absolute Gasteiger partial charge is 0.497 e. The van der Waals surface area contributed by atoms with Crippen molar-refractivity contribution in [2.24, 2.45) is 0 Å². The Labute approximate surface area is 99.8 Å². The number of hydroxylamine groups is 1. The first-order chi connectivity index (χ1) is 7.96. The highest BCUT2D eigenvalue weighted by atomic mass is 32.2. The van der Waals surface area contributed by atoms with Crippen molar-refractivity contribution < 1.29 is 17.4 Å². The lowest BCUT2D eigenvalue weighted by atomic mass is 10.1. The molecule has 1 unspecified atom stereocenters. The molecule has 1 atom stereocenters. The van der Waals surface area contributed by atoms with Crippen molar-refractivity contribution in [3.8, 4) is 11.8 Å². The van der Waals surface area contributed by atoms with Crippen LogP contribution in [-0.2, 0) is 14.4 Å². The molecule has 92 valence electrons. The third-order valence-corrected chi connectivity index (χ3v) is 2.29. The molecule has 0 radical (unpaired) electrons. The first kappa shape index (κ1) is 13.4. The van der Waals surface area contributed by atoms with Crippen molar-refractivity contribution in [3.05, 3.63) is 29.8 Å². The Hall–Kier alpha value is -1.62. The van der Waals surface area contributed by atoms with Crippen LogP contribution in [0.2, 0.25) is 0 Å². The van der Waals surface area contributed by atoms with Crippen LogP contribution in [0.15, 0.2) is 24.3 Å². The van der Waals surface area contributed by atoms with E-state index in [1.807, 2.05) is 6.07 Å². The Morgan fingerprint density at radius 2 is 1.94 bits per heavy atom. The van der Waals surface area contributed by atoms with Crippen LogP contribution in [0.25, 0.3) is 0 Å². The fraction of sp³-hybridized carbons (Fsp3) is 0.300. The summed E-state index contributed by atoms with van der Waals surface area (Å²) < 4.78 is 30.9. The van der Waals surface area contributed by atoms with Gasteiger partial charge in [0.2, 0.25) is 0 Å². The Balaban J connectivity index is 2.77. The van der Waals surface area contributed by atoms with Crippen LogP contribution < -0.4 is 10.2 Å². The molecule has 0 aliphatic carbocycles. The van der Waals surface area contributed by atoms with Gasteiger partial charge in [0, 0.05) is 0 Å². The minimum Gasteiger partial charge on any atom is -0.497 e. The highest BCUT2D eigenvalue weighted by Crippen LogP contribution is 2.17. The van der Waals surface area contributed by atoms with Gasteiger partial charge in [-0.05, 0) is 17.7 Å². The molecule has 17 heavy (non-hydrogen) atoms. The number of rotatable bonds is 5. The van der Waals surface area contributed by atoms with E-state index in [0.717, 1.165) is 6.26 Å². The smallest absolute Gasteiger partial charge is 0.280 e. The van der Waals surface area contributed by atoms with Gasteiger partial charge in [-0.2, -0.15) is 23.4 Å². The SMILES string of the molecule is COc1ccc(C(C#N)NOS(C)(=O)=O)cc1. The van der Waals surface area contributed by atoms with Crippen LogP contribution in [-0.4, -0.2) is 21.8 Å². The van der Waals surface area contributed by atoms with E-state index in [9.17, 15) is 8.42 Å². The number of nitrogens with zero attached hydrogens (tertiary/aromatic N) is 1. The Morgan fingerprint density at radius 1 is 1.35 bits per heavy atom. The summed E-state index contributed by atoms with van der Waals surface area (Å²) in [5, 5.41) is 8.88. The van der Waals surface area contributed by atoms with Crippen molar-refractivity contribution in [2.75, 3.05) is 13.4 Å². The molecule has 0 aliphatic rings. The third-order valence-electron chi connectivity index (χ3n) is 1.90. The molecular formula is C10H12N2O4S. The van der Waals surface area contributed by atoms with E-state index in [2.05, 4.69) is 9.76 Å². The topological polar surface area (TPSA) is 88.4 Å². The van der Waals surface area contributed by atoms with Crippen molar-refractivity contribution in [3.63, 3.8) is 0 Å². The van der Waals surface area contributed by atoms with E-state index in [-0.39, 0.29) is 0 Å². The van der Waals surface area contributed by atoms with Gasteiger partial charge in [0.25, 0.3) is 10.1 Å². The molecule has 1 rings (SSSR count). The summed E-state index contributed by atoms with van der Waals surface area (Å²) in [7, 11) is -2.11. The fourth-order valence-electron chi connectivity index (χ4n) is 1.10. The predicted octanol–water partition coefficient (Wildman–Crippen LogP) is 0.741. The molecule has 6 nitrogen and oxygen atoms in total. The first-order valence-electron chi connectivity index (χ1n) is 4.64. The first-order valence-corrected chi connectivity index (χ1v) is 6.45. The lowest BCUT2D eigenvalue weighted by Gasteiger charge is -2.10. The highest BCUT2D eigenvalue weighted by molar-refractivity contribution is 7.85. The van der Waals surface area contributed by atoms with Gasteiger partial charge < -0.3 is 4.74 Å². The number of hydrogen-bond acceptors (Lipinski definition) is 6. The molecule has 0 heterocycles. The maximum Gasteiger partial charge on any atom is 0.280 e. The summed E-state index contributed by atoms with van der Waals surface area (Å²) in [6.45, 7) is 0. The van der Waals surface area contributed by atoms with Gasteiger partial charge in [0.1, 0.15) is 11.8 Å². The van der Waals surface area contributed by atoms with Crippen molar-refractivity contribution >= 4 is 10.1 Å². The molecule has 0 aromatic heterocycles.